The topological polar surface area (TPSA) is 75.3 Å². The first-order valence-corrected chi connectivity index (χ1v) is 6.26. The Labute approximate surface area is 110 Å². The fourth-order valence-electron chi connectivity index (χ4n) is 2.54. The van der Waals surface area contributed by atoms with Gasteiger partial charge in [-0.15, -0.1) is 0 Å². The monoisotopic (exact) mass is 258 g/mol. The Kier molecular flexibility index (Phi) is 2.74. The number of carboxylic acids is 1. The van der Waals surface area contributed by atoms with Gasteiger partial charge in [0.1, 0.15) is 17.6 Å². The summed E-state index contributed by atoms with van der Waals surface area (Å²) in [5.74, 6) is 0.101. The van der Waals surface area contributed by atoms with Gasteiger partial charge < -0.3 is 14.8 Å². The van der Waals surface area contributed by atoms with Crippen molar-refractivity contribution < 1.29 is 15.0 Å². The lowest BCUT2D eigenvalue weighted by molar-refractivity contribution is -0.141. The number of aryl methyl sites for hydroxylation is 1. The number of benzene rings is 1. The summed E-state index contributed by atoms with van der Waals surface area (Å²) >= 11 is 0. The number of carbonyl (C=O) groups is 1. The summed E-state index contributed by atoms with van der Waals surface area (Å²) in [7, 11) is 0. The van der Waals surface area contributed by atoms with Gasteiger partial charge in [0.15, 0.2) is 0 Å². The number of hydrogen-bond acceptors (Lipinski definition) is 3. The number of phenols is 1. The zero-order chi connectivity index (χ0) is 13.4. The van der Waals surface area contributed by atoms with Crippen molar-refractivity contribution in [1.29, 1.82) is 0 Å². The molecule has 2 heterocycles. The number of aromatic hydroxyl groups is 1. The first-order valence-electron chi connectivity index (χ1n) is 6.26. The Morgan fingerprint density at radius 2 is 2.16 bits per heavy atom. The summed E-state index contributed by atoms with van der Waals surface area (Å²) in [5, 5.41) is 19.1. The lowest BCUT2D eigenvalue weighted by Gasteiger charge is -2.20. The molecule has 1 aromatic carbocycles. The number of aliphatic carboxylic acids is 1. The normalized spacial score (nSPS) is 18.0. The maximum absolute atomic E-state index is 11.2. The third kappa shape index (κ3) is 1.97. The van der Waals surface area contributed by atoms with Crippen molar-refractivity contribution >= 4 is 5.97 Å². The van der Waals surface area contributed by atoms with Crippen LogP contribution in [0.15, 0.2) is 30.5 Å². The van der Waals surface area contributed by atoms with E-state index in [-0.39, 0.29) is 5.75 Å². The number of carboxylic acid groups (broad SMARTS) is 1. The maximum atomic E-state index is 11.2. The maximum Gasteiger partial charge on any atom is 0.326 e. The van der Waals surface area contributed by atoms with Crippen molar-refractivity contribution in [1.82, 2.24) is 9.55 Å². The molecular weight excluding hydrogens is 244 g/mol. The molecule has 0 radical (unpaired) electrons. The molecule has 1 unspecified atom stereocenters. The SMILES string of the molecule is O=C(O)C1CCCc2nc(-c3ccccc3O)cn21. The second kappa shape index (κ2) is 4.42. The molecule has 1 atom stereocenters. The van der Waals surface area contributed by atoms with Gasteiger partial charge in [0.2, 0.25) is 0 Å². The minimum atomic E-state index is -0.831. The van der Waals surface area contributed by atoms with Gasteiger partial charge >= 0.3 is 5.97 Å². The molecule has 5 nitrogen and oxygen atoms in total. The van der Waals surface area contributed by atoms with E-state index < -0.39 is 12.0 Å². The van der Waals surface area contributed by atoms with Crippen LogP contribution in [0, 0.1) is 0 Å². The molecule has 2 aromatic rings. The molecule has 3 rings (SSSR count). The molecular formula is C14H14N2O3. The predicted molar refractivity (Wildman–Crippen MR) is 68.9 cm³/mol. The van der Waals surface area contributed by atoms with Crippen LogP contribution in [-0.4, -0.2) is 25.7 Å². The Hall–Kier alpha value is -2.30. The average molecular weight is 258 g/mol. The van der Waals surface area contributed by atoms with Crippen molar-refractivity contribution in [2.24, 2.45) is 0 Å². The number of aromatic nitrogens is 2. The van der Waals surface area contributed by atoms with E-state index in [1.54, 1.807) is 29.0 Å². The van der Waals surface area contributed by atoms with E-state index in [2.05, 4.69) is 4.98 Å². The molecule has 1 aliphatic heterocycles. The van der Waals surface area contributed by atoms with Gasteiger partial charge in [0, 0.05) is 18.2 Å². The van der Waals surface area contributed by atoms with Crippen LogP contribution in [0.2, 0.25) is 0 Å². The molecule has 0 spiro atoms. The van der Waals surface area contributed by atoms with Gasteiger partial charge in [-0.25, -0.2) is 9.78 Å². The van der Waals surface area contributed by atoms with Gasteiger partial charge in [-0.2, -0.15) is 0 Å². The molecule has 0 aliphatic carbocycles. The molecule has 0 saturated carbocycles. The van der Waals surface area contributed by atoms with Crippen LogP contribution in [-0.2, 0) is 11.2 Å². The molecule has 0 bridgehead atoms. The van der Waals surface area contributed by atoms with Gasteiger partial charge in [-0.3, -0.25) is 0 Å². The van der Waals surface area contributed by atoms with Crippen molar-refractivity contribution in [3.8, 4) is 17.0 Å². The minimum absolute atomic E-state index is 0.157. The van der Waals surface area contributed by atoms with Crippen LogP contribution in [0.25, 0.3) is 11.3 Å². The average Bonchev–Trinajstić information content (AvgIpc) is 2.82. The highest BCUT2D eigenvalue weighted by atomic mass is 16.4. The van der Waals surface area contributed by atoms with E-state index in [1.807, 2.05) is 6.07 Å². The summed E-state index contributed by atoms with van der Waals surface area (Å²) < 4.78 is 1.72. The standard InChI is InChI=1S/C14H14N2O3/c17-12-6-2-1-4-9(12)10-8-16-11(14(18)19)5-3-7-13(16)15-10/h1-2,4,6,8,11,17H,3,5,7H2,(H,18,19). The number of fused-ring (bicyclic) bond motifs is 1. The van der Waals surface area contributed by atoms with Crippen molar-refractivity contribution in [3.05, 3.63) is 36.3 Å². The van der Waals surface area contributed by atoms with E-state index in [1.165, 1.54) is 0 Å². The quantitative estimate of drug-likeness (QED) is 0.866. The number of phenolic OH excluding ortho intramolecular Hbond substituents is 1. The zero-order valence-corrected chi connectivity index (χ0v) is 10.3. The van der Waals surface area contributed by atoms with Crippen LogP contribution in [0.3, 0.4) is 0 Å². The third-order valence-corrected chi connectivity index (χ3v) is 3.49. The predicted octanol–water partition coefficient (Wildman–Crippen LogP) is 2.22. The van der Waals surface area contributed by atoms with Gasteiger partial charge in [0.25, 0.3) is 0 Å². The van der Waals surface area contributed by atoms with Gasteiger partial charge in [-0.05, 0) is 25.0 Å². The van der Waals surface area contributed by atoms with Crippen LogP contribution >= 0.6 is 0 Å². The smallest absolute Gasteiger partial charge is 0.326 e. The fourth-order valence-corrected chi connectivity index (χ4v) is 2.54. The molecule has 0 saturated heterocycles. The third-order valence-electron chi connectivity index (χ3n) is 3.49. The largest absolute Gasteiger partial charge is 0.507 e. The van der Waals surface area contributed by atoms with E-state index in [0.717, 1.165) is 18.7 Å². The van der Waals surface area contributed by atoms with E-state index in [4.69, 9.17) is 0 Å². The number of nitrogens with zero attached hydrogens (tertiary/aromatic N) is 2. The fraction of sp³-hybridized carbons (Fsp3) is 0.286. The highest BCUT2D eigenvalue weighted by Crippen LogP contribution is 2.32. The molecule has 1 aromatic heterocycles. The number of rotatable bonds is 2. The zero-order valence-electron chi connectivity index (χ0n) is 10.3. The first-order chi connectivity index (χ1) is 9.16. The lowest BCUT2D eigenvalue weighted by atomic mass is 10.1. The second-order valence-corrected chi connectivity index (χ2v) is 4.71. The Morgan fingerprint density at radius 3 is 2.89 bits per heavy atom. The van der Waals surface area contributed by atoms with Gasteiger partial charge in [0.05, 0.1) is 5.69 Å². The Morgan fingerprint density at radius 1 is 1.37 bits per heavy atom. The molecule has 98 valence electrons. The van der Waals surface area contributed by atoms with Crippen LogP contribution < -0.4 is 0 Å². The van der Waals surface area contributed by atoms with Crippen LogP contribution in [0.5, 0.6) is 5.75 Å². The molecule has 19 heavy (non-hydrogen) atoms. The summed E-state index contributed by atoms with van der Waals surface area (Å²) in [6, 6.07) is 6.40. The summed E-state index contributed by atoms with van der Waals surface area (Å²) in [6.45, 7) is 0. The van der Waals surface area contributed by atoms with E-state index in [0.29, 0.717) is 17.7 Å². The summed E-state index contributed by atoms with van der Waals surface area (Å²) in [6.07, 6.45) is 3.95. The molecule has 2 N–H and O–H groups in total. The molecule has 1 aliphatic rings. The molecule has 0 amide bonds. The Balaban J connectivity index is 2.07. The van der Waals surface area contributed by atoms with Crippen LogP contribution in [0.1, 0.15) is 24.7 Å². The van der Waals surface area contributed by atoms with Crippen molar-refractivity contribution in [2.75, 3.05) is 0 Å². The van der Waals surface area contributed by atoms with Crippen LogP contribution in [0.4, 0.5) is 0 Å². The number of imidazole rings is 1. The lowest BCUT2D eigenvalue weighted by Crippen LogP contribution is -2.24. The highest BCUT2D eigenvalue weighted by molar-refractivity contribution is 5.73. The first kappa shape index (κ1) is 11.8. The summed E-state index contributed by atoms with van der Waals surface area (Å²) in [5.41, 5.74) is 1.26. The molecule has 0 fully saturated rings. The second-order valence-electron chi connectivity index (χ2n) is 4.71. The number of para-hydroxylation sites is 1. The molecule has 5 heteroatoms. The highest BCUT2D eigenvalue weighted by Gasteiger charge is 2.27. The van der Waals surface area contributed by atoms with Crippen molar-refractivity contribution in [2.45, 2.75) is 25.3 Å². The Bertz CT molecular complexity index is 633. The summed E-state index contributed by atoms with van der Waals surface area (Å²) in [4.78, 5) is 15.7. The number of hydrogen-bond donors (Lipinski definition) is 2. The minimum Gasteiger partial charge on any atom is -0.507 e. The van der Waals surface area contributed by atoms with E-state index in [9.17, 15) is 15.0 Å². The van der Waals surface area contributed by atoms with Crippen molar-refractivity contribution in [3.63, 3.8) is 0 Å². The van der Waals surface area contributed by atoms with E-state index >= 15 is 0 Å². The van der Waals surface area contributed by atoms with Gasteiger partial charge in [-0.1, -0.05) is 12.1 Å².